The van der Waals surface area contributed by atoms with Crippen molar-refractivity contribution in [3.63, 3.8) is 0 Å². The number of benzene rings is 1. The average Bonchev–Trinajstić information content (AvgIpc) is 3.29. The van der Waals surface area contributed by atoms with Crippen molar-refractivity contribution in [1.29, 1.82) is 0 Å². The third kappa shape index (κ3) is 3.59. The van der Waals surface area contributed by atoms with Crippen molar-refractivity contribution in [3.8, 4) is 5.75 Å². The van der Waals surface area contributed by atoms with Crippen LogP contribution in [0.15, 0.2) is 48.7 Å². The highest BCUT2D eigenvalue weighted by atomic mass is 16.5. The monoisotopic (exact) mass is 351 g/mol. The van der Waals surface area contributed by atoms with E-state index in [1.54, 1.807) is 0 Å². The van der Waals surface area contributed by atoms with Gasteiger partial charge in [-0.1, -0.05) is 12.1 Å². The summed E-state index contributed by atoms with van der Waals surface area (Å²) in [6.45, 7) is 3.90. The summed E-state index contributed by atoms with van der Waals surface area (Å²) in [5.74, 6) is 0.807. The number of rotatable bonds is 6. The molecule has 1 aliphatic rings. The molecular weight excluding hydrogens is 326 g/mol. The quantitative estimate of drug-likeness (QED) is 0.714. The van der Waals surface area contributed by atoms with Gasteiger partial charge in [-0.15, -0.1) is 0 Å². The number of nitrogens with zero attached hydrogens (tertiary/aromatic N) is 2. The number of fused-ring (bicyclic) bond motifs is 1. The Kier molecular flexibility index (Phi) is 4.91. The molecule has 0 amide bonds. The molecule has 4 rings (SSSR count). The highest BCUT2D eigenvalue weighted by molar-refractivity contribution is 5.85. The summed E-state index contributed by atoms with van der Waals surface area (Å²) < 4.78 is 5.90. The lowest BCUT2D eigenvalue weighted by molar-refractivity contribution is 0.0638. The van der Waals surface area contributed by atoms with Crippen molar-refractivity contribution in [2.75, 3.05) is 19.7 Å². The molecule has 0 aliphatic carbocycles. The van der Waals surface area contributed by atoms with Crippen LogP contribution in [0, 0.1) is 6.92 Å². The van der Waals surface area contributed by atoms with Gasteiger partial charge in [-0.25, -0.2) is 0 Å². The Morgan fingerprint density at radius 2 is 2.15 bits per heavy atom. The number of likely N-dealkylation sites (tertiary alicyclic amines) is 1. The summed E-state index contributed by atoms with van der Waals surface area (Å²) in [6.07, 6.45) is 3.59. The zero-order valence-electron chi connectivity index (χ0n) is 15.1. The molecule has 1 aliphatic heterocycles. The summed E-state index contributed by atoms with van der Waals surface area (Å²) in [7, 11) is 0. The number of hydrogen-bond donors (Lipinski definition) is 2. The molecule has 1 aromatic carbocycles. The Morgan fingerprint density at radius 3 is 3.04 bits per heavy atom. The van der Waals surface area contributed by atoms with E-state index in [2.05, 4.69) is 27.0 Å². The van der Waals surface area contributed by atoms with Gasteiger partial charge in [-0.3, -0.25) is 9.88 Å². The molecule has 1 fully saturated rings. The molecule has 0 radical (unpaired) electrons. The van der Waals surface area contributed by atoms with Crippen LogP contribution in [0.4, 0.5) is 0 Å². The van der Waals surface area contributed by atoms with Crippen LogP contribution in [-0.4, -0.2) is 45.8 Å². The van der Waals surface area contributed by atoms with Crippen molar-refractivity contribution in [3.05, 3.63) is 60.0 Å². The molecule has 3 heterocycles. The first-order valence-electron chi connectivity index (χ1n) is 9.25. The normalized spacial score (nSPS) is 19.1. The number of aryl methyl sites for hydroxylation is 1. The number of aliphatic hydroxyl groups excluding tert-OH is 1. The van der Waals surface area contributed by atoms with Gasteiger partial charge in [-0.05, 0) is 56.6 Å². The van der Waals surface area contributed by atoms with Crippen molar-refractivity contribution in [2.24, 2.45) is 0 Å². The summed E-state index contributed by atoms with van der Waals surface area (Å²) in [6, 6.07) is 14.4. The maximum atomic E-state index is 10.5. The number of hydrogen-bond acceptors (Lipinski definition) is 4. The number of H-pyrrole nitrogens is 1. The maximum absolute atomic E-state index is 10.5. The van der Waals surface area contributed by atoms with E-state index in [4.69, 9.17) is 4.74 Å². The minimum Gasteiger partial charge on any atom is -0.490 e. The predicted octanol–water partition coefficient (Wildman–Crippen LogP) is 3.45. The van der Waals surface area contributed by atoms with E-state index in [1.165, 1.54) is 0 Å². The van der Waals surface area contributed by atoms with Gasteiger partial charge in [0, 0.05) is 29.3 Å². The van der Waals surface area contributed by atoms with Crippen molar-refractivity contribution >= 4 is 10.9 Å². The van der Waals surface area contributed by atoms with Crippen LogP contribution in [0.1, 0.15) is 30.3 Å². The van der Waals surface area contributed by atoms with Gasteiger partial charge in [0.1, 0.15) is 18.5 Å². The van der Waals surface area contributed by atoms with E-state index in [0.717, 1.165) is 47.4 Å². The highest BCUT2D eigenvalue weighted by Crippen LogP contribution is 2.31. The van der Waals surface area contributed by atoms with Crippen LogP contribution in [0.25, 0.3) is 10.9 Å². The molecule has 1 saturated heterocycles. The second kappa shape index (κ2) is 7.48. The smallest absolute Gasteiger partial charge is 0.128 e. The molecular formula is C21H25N3O2. The average molecular weight is 351 g/mol. The minimum atomic E-state index is -0.533. The van der Waals surface area contributed by atoms with Gasteiger partial charge in [0.05, 0.1) is 11.7 Å². The molecule has 2 aromatic heterocycles. The zero-order valence-corrected chi connectivity index (χ0v) is 15.1. The lowest BCUT2D eigenvalue weighted by atomic mass is 10.1. The molecule has 5 nitrogen and oxygen atoms in total. The minimum absolute atomic E-state index is 0.286. The zero-order chi connectivity index (χ0) is 17.9. The van der Waals surface area contributed by atoms with Gasteiger partial charge in [0.15, 0.2) is 0 Å². The van der Waals surface area contributed by atoms with Crippen molar-refractivity contribution in [1.82, 2.24) is 14.9 Å². The Hall–Kier alpha value is -2.37. The number of aromatic nitrogens is 2. The van der Waals surface area contributed by atoms with E-state index in [0.29, 0.717) is 6.54 Å². The first-order valence-corrected chi connectivity index (χ1v) is 9.25. The summed E-state index contributed by atoms with van der Waals surface area (Å²) in [5, 5.41) is 11.6. The fourth-order valence-electron chi connectivity index (χ4n) is 3.82. The Balaban J connectivity index is 1.38. The van der Waals surface area contributed by atoms with Crippen LogP contribution >= 0.6 is 0 Å². The predicted molar refractivity (Wildman–Crippen MR) is 102 cm³/mol. The molecule has 2 N–H and O–H groups in total. The number of pyridine rings is 1. The van der Waals surface area contributed by atoms with Gasteiger partial charge >= 0.3 is 0 Å². The standard InChI is InChI=1S/C21H25N3O2/c1-15-5-2-7-19(23-15)20-8-4-12-24(20)13-16(25)14-26-21-9-3-6-18-17(21)10-11-22-18/h2-3,5-7,9-11,16,20,22,25H,4,8,12-14H2,1H3. The number of aromatic amines is 1. The topological polar surface area (TPSA) is 61.4 Å². The molecule has 2 unspecified atom stereocenters. The summed E-state index contributed by atoms with van der Waals surface area (Å²) in [5.41, 5.74) is 3.19. The third-order valence-electron chi connectivity index (χ3n) is 5.05. The molecule has 0 saturated carbocycles. The Bertz CT molecular complexity index is 876. The Morgan fingerprint density at radius 1 is 1.27 bits per heavy atom. The molecule has 26 heavy (non-hydrogen) atoms. The maximum Gasteiger partial charge on any atom is 0.128 e. The lowest BCUT2D eigenvalue weighted by Crippen LogP contribution is -2.35. The van der Waals surface area contributed by atoms with Crippen molar-refractivity contribution in [2.45, 2.75) is 31.9 Å². The van der Waals surface area contributed by atoms with Crippen LogP contribution in [-0.2, 0) is 0 Å². The number of β-amino-alcohol motifs (C(OH)–C–C–N with tert-alkyl or cyclic N) is 1. The molecule has 136 valence electrons. The fourth-order valence-corrected chi connectivity index (χ4v) is 3.82. The van der Waals surface area contributed by atoms with Gasteiger partial charge in [-0.2, -0.15) is 0 Å². The van der Waals surface area contributed by atoms with Crippen LogP contribution in [0.2, 0.25) is 0 Å². The third-order valence-corrected chi connectivity index (χ3v) is 5.05. The Labute approximate surface area is 153 Å². The van der Waals surface area contributed by atoms with Crippen LogP contribution < -0.4 is 4.74 Å². The highest BCUT2D eigenvalue weighted by Gasteiger charge is 2.28. The fraction of sp³-hybridized carbons (Fsp3) is 0.381. The second-order valence-electron chi connectivity index (χ2n) is 7.02. The lowest BCUT2D eigenvalue weighted by Gasteiger charge is -2.26. The summed E-state index contributed by atoms with van der Waals surface area (Å²) >= 11 is 0. The van der Waals surface area contributed by atoms with E-state index >= 15 is 0 Å². The number of aliphatic hydroxyl groups is 1. The molecule has 3 aromatic rings. The van der Waals surface area contributed by atoms with Gasteiger partial charge in [0.2, 0.25) is 0 Å². The van der Waals surface area contributed by atoms with Gasteiger partial charge < -0.3 is 14.8 Å². The van der Waals surface area contributed by atoms with E-state index in [9.17, 15) is 5.11 Å². The number of nitrogens with one attached hydrogen (secondary N) is 1. The van der Waals surface area contributed by atoms with Crippen molar-refractivity contribution < 1.29 is 9.84 Å². The molecule has 0 bridgehead atoms. The molecule has 0 spiro atoms. The first kappa shape index (κ1) is 17.1. The number of ether oxygens (including phenoxy) is 1. The largest absolute Gasteiger partial charge is 0.490 e. The van der Waals surface area contributed by atoms with E-state index in [1.807, 2.05) is 43.5 Å². The van der Waals surface area contributed by atoms with Crippen LogP contribution in [0.5, 0.6) is 5.75 Å². The summed E-state index contributed by atoms with van der Waals surface area (Å²) in [4.78, 5) is 10.2. The van der Waals surface area contributed by atoms with Crippen LogP contribution in [0.3, 0.4) is 0 Å². The molecule has 2 atom stereocenters. The van der Waals surface area contributed by atoms with E-state index in [-0.39, 0.29) is 12.6 Å². The first-order chi connectivity index (χ1) is 12.7. The molecule has 5 heteroatoms. The van der Waals surface area contributed by atoms with Gasteiger partial charge in [0.25, 0.3) is 0 Å². The van der Waals surface area contributed by atoms with E-state index < -0.39 is 6.10 Å². The second-order valence-corrected chi connectivity index (χ2v) is 7.02. The SMILES string of the molecule is Cc1cccc(C2CCCN2CC(O)COc2cccc3[nH]ccc23)n1.